The van der Waals surface area contributed by atoms with Gasteiger partial charge >= 0.3 is 0 Å². The molecule has 0 aliphatic heterocycles. The van der Waals surface area contributed by atoms with Crippen molar-refractivity contribution in [1.29, 1.82) is 0 Å². The van der Waals surface area contributed by atoms with Crippen LogP contribution in [0.5, 0.6) is 0 Å². The summed E-state index contributed by atoms with van der Waals surface area (Å²) in [5.41, 5.74) is 5.24. The van der Waals surface area contributed by atoms with Gasteiger partial charge in [-0.2, -0.15) is 0 Å². The smallest absolute Gasteiger partial charge is 0.0719 e. The van der Waals surface area contributed by atoms with E-state index in [1.165, 1.54) is 0 Å². The third-order valence-electron chi connectivity index (χ3n) is 0.587. The molecule has 1 nitrogen and oxygen atoms in total. The summed E-state index contributed by atoms with van der Waals surface area (Å²) < 4.78 is 0. The van der Waals surface area contributed by atoms with Gasteiger partial charge in [-0.15, -0.1) is 5.92 Å². The van der Waals surface area contributed by atoms with Crippen LogP contribution in [0.1, 0.15) is 27.2 Å². The number of hydrogen-bond donors (Lipinski definition) is 1. The van der Waals surface area contributed by atoms with Gasteiger partial charge in [0.2, 0.25) is 0 Å². The predicted octanol–water partition coefficient (Wildman–Crippen LogP) is 1.14. The molecule has 0 aromatic rings. The van der Waals surface area contributed by atoms with Gasteiger partial charge in [0.1, 0.15) is 0 Å². The summed E-state index contributed by atoms with van der Waals surface area (Å²) in [6, 6.07) is 0. The Balaban J connectivity index is 3.69. The van der Waals surface area contributed by atoms with E-state index >= 15 is 0 Å². The molecule has 0 aromatic heterocycles. The highest BCUT2D eigenvalue weighted by atomic mass is 14.7. The molecule has 0 atom stereocenters. The lowest BCUT2D eigenvalue weighted by Gasteiger charge is -2.06. The minimum absolute atomic E-state index is 0.310. The first-order valence-corrected chi connectivity index (χ1v) is 2.85. The Labute approximate surface area is 51.3 Å². The molecule has 0 aliphatic rings. The molecule has 0 heterocycles. The van der Waals surface area contributed by atoms with Crippen molar-refractivity contribution in [2.45, 2.75) is 32.7 Å². The average Bonchev–Trinajstić information content (AvgIpc) is 1.59. The van der Waals surface area contributed by atoms with Crippen LogP contribution in [0.3, 0.4) is 0 Å². The zero-order valence-corrected chi connectivity index (χ0v) is 5.78. The summed E-state index contributed by atoms with van der Waals surface area (Å²) >= 11 is 0. The molecule has 2 N–H and O–H groups in total. The van der Waals surface area contributed by atoms with E-state index in [1.807, 2.05) is 20.8 Å². The van der Waals surface area contributed by atoms with Gasteiger partial charge < -0.3 is 5.73 Å². The highest BCUT2D eigenvalue weighted by molar-refractivity contribution is 5.11. The molecule has 0 saturated heterocycles. The lowest BCUT2D eigenvalue weighted by atomic mass is 10.1. The summed E-state index contributed by atoms with van der Waals surface area (Å²) in [5, 5.41) is 0. The number of nitrogens with two attached hydrogens (primary N) is 1. The first kappa shape index (κ1) is 7.52. The van der Waals surface area contributed by atoms with Gasteiger partial charge in [0.05, 0.1) is 5.54 Å². The van der Waals surface area contributed by atoms with Gasteiger partial charge in [0, 0.05) is 6.42 Å². The second kappa shape index (κ2) is 2.74. The summed E-state index contributed by atoms with van der Waals surface area (Å²) in [6.07, 6.45) is 0.890. The first-order valence-electron chi connectivity index (χ1n) is 2.85. The van der Waals surface area contributed by atoms with Crippen LogP contribution in [0.15, 0.2) is 0 Å². The third kappa shape index (κ3) is 5.52. The topological polar surface area (TPSA) is 26.0 Å². The second-order valence-corrected chi connectivity index (χ2v) is 2.38. The van der Waals surface area contributed by atoms with Crippen LogP contribution in [0.25, 0.3) is 0 Å². The van der Waals surface area contributed by atoms with Crippen LogP contribution in [0.2, 0.25) is 0 Å². The maximum Gasteiger partial charge on any atom is 0.0719 e. The summed E-state index contributed by atoms with van der Waals surface area (Å²) in [6.45, 7) is 5.81. The minimum Gasteiger partial charge on any atom is -0.316 e. The summed E-state index contributed by atoms with van der Waals surface area (Å²) in [5.74, 6) is 5.81. The molecule has 0 unspecified atom stereocenters. The van der Waals surface area contributed by atoms with Gasteiger partial charge in [-0.25, -0.2) is 0 Å². The third-order valence-corrected chi connectivity index (χ3v) is 0.587. The van der Waals surface area contributed by atoms with Crippen molar-refractivity contribution in [2.75, 3.05) is 0 Å². The molecule has 0 rings (SSSR count). The van der Waals surface area contributed by atoms with E-state index in [-0.39, 0.29) is 5.54 Å². The fraction of sp³-hybridized carbons (Fsp3) is 0.714. The fourth-order valence-electron chi connectivity index (χ4n) is 0.316. The normalized spacial score (nSPS) is 10.0. The Kier molecular flexibility index (Phi) is 2.57. The van der Waals surface area contributed by atoms with Crippen molar-refractivity contribution in [2.24, 2.45) is 5.73 Å². The lowest BCUT2D eigenvalue weighted by Crippen LogP contribution is -2.29. The van der Waals surface area contributed by atoms with Gasteiger partial charge in [-0.3, -0.25) is 0 Å². The lowest BCUT2D eigenvalue weighted by molar-refractivity contribution is 0.680. The van der Waals surface area contributed by atoms with Crippen molar-refractivity contribution >= 4 is 0 Å². The summed E-state index contributed by atoms with van der Waals surface area (Å²) in [7, 11) is 0. The Bertz CT molecular complexity index is 109. The Morgan fingerprint density at radius 3 is 2.12 bits per heavy atom. The Hall–Kier alpha value is -0.480. The molecule has 0 aromatic carbocycles. The van der Waals surface area contributed by atoms with Crippen LogP contribution in [-0.2, 0) is 0 Å². The fourth-order valence-corrected chi connectivity index (χ4v) is 0.316. The molecule has 8 heavy (non-hydrogen) atoms. The molecule has 1 heteroatoms. The molecule has 0 amide bonds. The quantitative estimate of drug-likeness (QED) is 0.466. The van der Waals surface area contributed by atoms with Gasteiger partial charge in [-0.1, -0.05) is 12.8 Å². The van der Waals surface area contributed by atoms with Crippen molar-refractivity contribution in [1.82, 2.24) is 0 Å². The van der Waals surface area contributed by atoms with Crippen molar-refractivity contribution in [3.8, 4) is 11.8 Å². The SMILES string of the molecule is CCC#CC(C)(C)N. The largest absolute Gasteiger partial charge is 0.316 e. The van der Waals surface area contributed by atoms with Crippen molar-refractivity contribution in [3.05, 3.63) is 0 Å². The van der Waals surface area contributed by atoms with E-state index in [0.717, 1.165) is 6.42 Å². The van der Waals surface area contributed by atoms with Crippen LogP contribution in [0.4, 0.5) is 0 Å². The van der Waals surface area contributed by atoms with Crippen LogP contribution >= 0.6 is 0 Å². The molecule has 0 aliphatic carbocycles. The molecule has 0 saturated carbocycles. The molecule has 0 bridgehead atoms. The zero-order chi connectivity index (χ0) is 6.62. The highest BCUT2D eigenvalue weighted by Crippen LogP contribution is 1.91. The van der Waals surface area contributed by atoms with Crippen LogP contribution in [0, 0.1) is 11.8 Å². The second-order valence-electron chi connectivity index (χ2n) is 2.38. The standard InChI is InChI=1S/C7H13N/c1-4-5-6-7(2,3)8/h4,8H2,1-3H3. The molecule has 0 spiro atoms. The van der Waals surface area contributed by atoms with E-state index in [9.17, 15) is 0 Å². The minimum atomic E-state index is -0.310. The summed E-state index contributed by atoms with van der Waals surface area (Å²) in [4.78, 5) is 0. The Morgan fingerprint density at radius 1 is 1.50 bits per heavy atom. The van der Waals surface area contributed by atoms with E-state index in [2.05, 4.69) is 11.8 Å². The first-order chi connectivity index (χ1) is 3.56. The van der Waals surface area contributed by atoms with Gasteiger partial charge in [0.15, 0.2) is 0 Å². The molecule has 46 valence electrons. The number of hydrogen-bond acceptors (Lipinski definition) is 1. The maximum absolute atomic E-state index is 5.55. The zero-order valence-electron chi connectivity index (χ0n) is 5.78. The number of rotatable bonds is 0. The average molecular weight is 111 g/mol. The molecular weight excluding hydrogens is 98.1 g/mol. The van der Waals surface area contributed by atoms with Crippen LogP contribution in [-0.4, -0.2) is 5.54 Å². The van der Waals surface area contributed by atoms with E-state index < -0.39 is 0 Å². The monoisotopic (exact) mass is 111 g/mol. The van der Waals surface area contributed by atoms with E-state index in [0.29, 0.717) is 0 Å². The van der Waals surface area contributed by atoms with Crippen LogP contribution < -0.4 is 5.73 Å². The van der Waals surface area contributed by atoms with E-state index in [4.69, 9.17) is 5.73 Å². The maximum atomic E-state index is 5.55. The molecular formula is C7H13N. The Morgan fingerprint density at radius 2 is 2.00 bits per heavy atom. The molecule has 0 radical (unpaired) electrons. The molecule has 0 fully saturated rings. The van der Waals surface area contributed by atoms with Crippen molar-refractivity contribution in [3.63, 3.8) is 0 Å². The van der Waals surface area contributed by atoms with E-state index in [1.54, 1.807) is 0 Å². The van der Waals surface area contributed by atoms with Gasteiger partial charge in [0.25, 0.3) is 0 Å². The predicted molar refractivity (Wildman–Crippen MR) is 36.3 cm³/mol. The van der Waals surface area contributed by atoms with Gasteiger partial charge in [-0.05, 0) is 13.8 Å². The highest BCUT2D eigenvalue weighted by Gasteiger charge is 2.02. The van der Waals surface area contributed by atoms with Crippen molar-refractivity contribution < 1.29 is 0 Å².